The number of nitrogens with one attached hydrogen (secondary N) is 2. The van der Waals surface area contributed by atoms with E-state index in [2.05, 4.69) is 29.5 Å². The van der Waals surface area contributed by atoms with Gasteiger partial charge in [0.1, 0.15) is 5.82 Å². The van der Waals surface area contributed by atoms with Crippen molar-refractivity contribution in [2.45, 2.75) is 38.5 Å². The molecular weight excluding hydrogens is 380 g/mol. The summed E-state index contributed by atoms with van der Waals surface area (Å²) in [6.45, 7) is 6.75. The Morgan fingerprint density at radius 3 is 2.38 bits per heavy atom. The number of hydrogen-bond acceptors (Lipinski definition) is 1. The van der Waals surface area contributed by atoms with Gasteiger partial charge in [0.05, 0.1) is 6.54 Å². The minimum Gasteiger partial charge on any atom is -0.357 e. The summed E-state index contributed by atoms with van der Waals surface area (Å²) in [5, 5.41) is 6.57. The smallest absolute Gasteiger partial charge is 0.191 e. The van der Waals surface area contributed by atoms with Gasteiger partial charge < -0.3 is 10.6 Å². The highest BCUT2D eigenvalue weighted by atomic mass is 127. The Morgan fingerprint density at radius 2 is 1.86 bits per heavy atom. The number of benzene rings is 1. The van der Waals surface area contributed by atoms with Crippen molar-refractivity contribution in [1.82, 2.24) is 10.6 Å². The molecule has 1 aromatic carbocycles. The maximum atomic E-state index is 13.0. The van der Waals surface area contributed by atoms with Gasteiger partial charge in [-0.15, -0.1) is 24.0 Å². The van der Waals surface area contributed by atoms with E-state index in [1.165, 1.54) is 5.56 Å². The van der Waals surface area contributed by atoms with Crippen molar-refractivity contribution in [1.29, 1.82) is 0 Å². The van der Waals surface area contributed by atoms with E-state index in [1.54, 1.807) is 12.1 Å². The molecule has 1 aliphatic rings. The van der Waals surface area contributed by atoms with Crippen LogP contribution < -0.4 is 10.6 Å². The summed E-state index contributed by atoms with van der Waals surface area (Å²) in [5.74, 6) is 0.703. The SMILES string of the molecule is CCCNC(=NCC1(c2ccc(F)cc2)CC1)NCC.I. The van der Waals surface area contributed by atoms with E-state index in [-0.39, 0.29) is 35.2 Å². The van der Waals surface area contributed by atoms with E-state index < -0.39 is 0 Å². The Bertz CT molecular complexity index is 455. The molecule has 1 aliphatic carbocycles. The number of aliphatic imine (C=N–C) groups is 1. The molecular formula is C16H25FIN3. The van der Waals surface area contributed by atoms with Gasteiger partial charge in [0, 0.05) is 18.5 Å². The summed E-state index contributed by atoms with van der Waals surface area (Å²) in [4.78, 5) is 4.68. The van der Waals surface area contributed by atoms with Crippen molar-refractivity contribution in [3.05, 3.63) is 35.6 Å². The maximum Gasteiger partial charge on any atom is 0.191 e. The quantitative estimate of drug-likeness (QED) is 0.432. The first-order valence-corrected chi connectivity index (χ1v) is 7.48. The van der Waals surface area contributed by atoms with Crippen LogP contribution in [0.15, 0.2) is 29.3 Å². The number of hydrogen-bond donors (Lipinski definition) is 2. The van der Waals surface area contributed by atoms with E-state index >= 15 is 0 Å². The topological polar surface area (TPSA) is 36.4 Å². The Kier molecular flexibility index (Phi) is 7.42. The molecule has 0 unspecified atom stereocenters. The summed E-state index contributed by atoms with van der Waals surface area (Å²) in [5.41, 5.74) is 1.33. The molecule has 0 amide bonds. The van der Waals surface area contributed by atoms with Crippen molar-refractivity contribution in [2.75, 3.05) is 19.6 Å². The summed E-state index contributed by atoms with van der Waals surface area (Å²) in [6, 6.07) is 6.87. The monoisotopic (exact) mass is 405 g/mol. The number of nitrogens with zero attached hydrogens (tertiary/aromatic N) is 1. The first kappa shape index (κ1) is 18.2. The van der Waals surface area contributed by atoms with Gasteiger partial charge in [-0.05, 0) is 43.9 Å². The first-order valence-electron chi connectivity index (χ1n) is 7.48. The minimum atomic E-state index is -0.175. The van der Waals surface area contributed by atoms with Gasteiger partial charge in [0.25, 0.3) is 0 Å². The van der Waals surface area contributed by atoms with E-state index in [4.69, 9.17) is 0 Å². The van der Waals surface area contributed by atoms with Crippen molar-refractivity contribution in [3.8, 4) is 0 Å². The molecule has 0 aliphatic heterocycles. The summed E-state index contributed by atoms with van der Waals surface area (Å²) in [7, 11) is 0. The molecule has 1 saturated carbocycles. The molecule has 1 aromatic rings. The maximum absolute atomic E-state index is 13.0. The molecule has 0 atom stereocenters. The molecule has 0 aromatic heterocycles. The van der Waals surface area contributed by atoms with Crippen LogP contribution in [0.25, 0.3) is 0 Å². The molecule has 0 spiro atoms. The van der Waals surface area contributed by atoms with Crippen LogP contribution in [-0.4, -0.2) is 25.6 Å². The van der Waals surface area contributed by atoms with Crippen LogP contribution in [0.3, 0.4) is 0 Å². The molecule has 118 valence electrons. The molecule has 0 heterocycles. The second-order valence-corrected chi connectivity index (χ2v) is 5.41. The third-order valence-corrected chi connectivity index (χ3v) is 3.74. The molecule has 1 fully saturated rings. The van der Waals surface area contributed by atoms with Crippen LogP contribution >= 0.6 is 24.0 Å². The van der Waals surface area contributed by atoms with Crippen molar-refractivity contribution in [2.24, 2.45) is 4.99 Å². The third-order valence-electron chi connectivity index (χ3n) is 3.74. The minimum absolute atomic E-state index is 0. The highest BCUT2D eigenvalue weighted by molar-refractivity contribution is 14.0. The van der Waals surface area contributed by atoms with Gasteiger partial charge in [0.2, 0.25) is 0 Å². The molecule has 0 saturated heterocycles. The largest absolute Gasteiger partial charge is 0.357 e. The average Bonchev–Trinajstić information content (AvgIpc) is 3.24. The van der Waals surface area contributed by atoms with E-state index in [1.807, 2.05) is 12.1 Å². The molecule has 3 nitrogen and oxygen atoms in total. The fourth-order valence-corrected chi connectivity index (χ4v) is 2.31. The van der Waals surface area contributed by atoms with Crippen LogP contribution in [0, 0.1) is 5.82 Å². The second-order valence-electron chi connectivity index (χ2n) is 5.41. The van der Waals surface area contributed by atoms with Gasteiger partial charge in [-0.1, -0.05) is 19.1 Å². The van der Waals surface area contributed by atoms with Crippen molar-refractivity contribution in [3.63, 3.8) is 0 Å². The summed E-state index contributed by atoms with van der Waals surface area (Å²) < 4.78 is 13.0. The van der Waals surface area contributed by atoms with Crippen molar-refractivity contribution < 1.29 is 4.39 Å². The van der Waals surface area contributed by atoms with Gasteiger partial charge in [0.15, 0.2) is 5.96 Å². The molecule has 2 N–H and O–H groups in total. The lowest BCUT2D eigenvalue weighted by molar-refractivity contribution is 0.623. The van der Waals surface area contributed by atoms with Crippen LogP contribution in [0.5, 0.6) is 0 Å². The summed E-state index contributed by atoms with van der Waals surface area (Å²) in [6.07, 6.45) is 3.35. The lowest BCUT2D eigenvalue weighted by Gasteiger charge is -2.15. The standard InChI is InChI=1S/C16H24FN3.HI/c1-3-11-19-15(18-4-2)20-12-16(9-10-16)13-5-7-14(17)8-6-13;/h5-8H,3-4,9-12H2,1-2H3,(H2,18,19,20);1H. The van der Waals surface area contributed by atoms with Gasteiger partial charge in [-0.3, -0.25) is 4.99 Å². The first-order chi connectivity index (χ1) is 9.70. The molecule has 2 rings (SSSR count). The number of guanidine groups is 1. The lowest BCUT2D eigenvalue weighted by atomic mass is 9.96. The van der Waals surface area contributed by atoms with E-state index in [0.717, 1.165) is 44.9 Å². The Labute approximate surface area is 143 Å². The Morgan fingerprint density at radius 1 is 1.19 bits per heavy atom. The molecule has 0 bridgehead atoms. The third kappa shape index (κ3) is 5.13. The van der Waals surface area contributed by atoms with E-state index in [9.17, 15) is 4.39 Å². The molecule has 5 heteroatoms. The normalized spacial score (nSPS) is 16.0. The van der Waals surface area contributed by atoms with Crippen LogP contribution in [0.1, 0.15) is 38.7 Å². The number of rotatable bonds is 6. The zero-order valence-electron chi connectivity index (χ0n) is 12.8. The predicted octanol–water partition coefficient (Wildman–Crippen LogP) is 3.44. The zero-order chi connectivity index (χ0) is 14.4. The van der Waals surface area contributed by atoms with Crippen molar-refractivity contribution >= 4 is 29.9 Å². The van der Waals surface area contributed by atoms with Gasteiger partial charge in [-0.2, -0.15) is 0 Å². The predicted molar refractivity (Wildman–Crippen MR) is 97.0 cm³/mol. The van der Waals surface area contributed by atoms with E-state index in [0.29, 0.717) is 0 Å². The number of halogens is 2. The van der Waals surface area contributed by atoms with Gasteiger partial charge >= 0.3 is 0 Å². The molecule has 0 radical (unpaired) electrons. The lowest BCUT2D eigenvalue weighted by Crippen LogP contribution is -2.38. The molecule has 21 heavy (non-hydrogen) atoms. The Balaban J connectivity index is 0.00000220. The second kappa shape index (κ2) is 8.56. The fraction of sp³-hybridized carbons (Fsp3) is 0.562. The van der Waals surface area contributed by atoms with Crippen LogP contribution in [-0.2, 0) is 5.41 Å². The van der Waals surface area contributed by atoms with Crippen LogP contribution in [0.4, 0.5) is 4.39 Å². The fourth-order valence-electron chi connectivity index (χ4n) is 2.31. The highest BCUT2D eigenvalue weighted by Gasteiger charge is 2.44. The Hall–Kier alpha value is -0.850. The van der Waals surface area contributed by atoms with Gasteiger partial charge in [-0.25, -0.2) is 4.39 Å². The van der Waals surface area contributed by atoms with Crippen LogP contribution in [0.2, 0.25) is 0 Å². The summed E-state index contributed by atoms with van der Waals surface area (Å²) >= 11 is 0. The zero-order valence-corrected chi connectivity index (χ0v) is 15.1. The average molecular weight is 405 g/mol. The highest BCUT2D eigenvalue weighted by Crippen LogP contribution is 2.48.